The van der Waals surface area contributed by atoms with Crippen molar-refractivity contribution in [3.63, 3.8) is 0 Å². The Morgan fingerprint density at radius 3 is 2.10 bits per heavy atom. The van der Waals surface area contributed by atoms with Crippen LogP contribution in [0.1, 0.15) is 15.9 Å². The van der Waals surface area contributed by atoms with Crippen molar-refractivity contribution in [3.8, 4) is 0 Å². The maximum Gasteiger partial charge on any atom is 0.269 e. The molecule has 20 heavy (non-hydrogen) atoms. The molecule has 0 fully saturated rings. The summed E-state index contributed by atoms with van der Waals surface area (Å²) in [6.45, 7) is 1.95. The molecule has 0 atom stereocenters. The lowest BCUT2D eigenvalue weighted by Crippen LogP contribution is -2.29. The van der Waals surface area contributed by atoms with Crippen LogP contribution in [0.2, 0.25) is 15.1 Å². The smallest absolute Gasteiger partial charge is 0.269 e. The van der Waals surface area contributed by atoms with E-state index in [-0.39, 0.29) is 5.91 Å². The molecule has 0 heterocycles. The lowest BCUT2D eigenvalue weighted by atomic mass is 10.1. The third kappa shape index (κ3) is 3.57. The fraction of sp³-hybridized carbons (Fsp3) is 0.0714. The summed E-state index contributed by atoms with van der Waals surface area (Å²) in [5.41, 5.74) is 7.25. The van der Waals surface area contributed by atoms with Crippen LogP contribution < -0.4 is 10.9 Å². The van der Waals surface area contributed by atoms with Crippen molar-refractivity contribution in [1.29, 1.82) is 0 Å². The van der Waals surface area contributed by atoms with Gasteiger partial charge < -0.3 is 0 Å². The molecule has 1 amide bonds. The van der Waals surface area contributed by atoms with Crippen molar-refractivity contribution in [3.05, 3.63) is 62.6 Å². The van der Waals surface area contributed by atoms with Crippen molar-refractivity contribution in [2.45, 2.75) is 6.92 Å². The summed E-state index contributed by atoms with van der Waals surface area (Å²) in [5, 5.41) is 1.08. The van der Waals surface area contributed by atoms with E-state index < -0.39 is 0 Å². The Hall–Kier alpha value is -1.42. The molecule has 0 aliphatic heterocycles. The fourth-order valence-corrected chi connectivity index (χ4v) is 2.47. The normalized spacial score (nSPS) is 10.2. The van der Waals surface area contributed by atoms with Gasteiger partial charge in [0.25, 0.3) is 5.91 Å². The van der Waals surface area contributed by atoms with Gasteiger partial charge in [0.2, 0.25) is 0 Å². The maximum atomic E-state index is 11.9. The molecule has 0 saturated heterocycles. The number of nitrogens with one attached hydrogen (secondary N) is 2. The van der Waals surface area contributed by atoms with Crippen LogP contribution in [0.5, 0.6) is 0 Å². The van der Waals surface area contributed by atoms with Crippen LogP contribution in [-0.4, -0.2) is 5.91 Å². The van der Waals surface area contributed by atoms with E-state index >= 15 is 0 Å². The summed E-state index contributed by atoms with van der Waals surface area (Å²) >= 11 is 17.8. The van der Waals surface area contributed by atoms with Gasteiger partial charge in [-0.1, -0.05) is 52.5 Å². The molecule has 2 N–H and O–H groups in total. The molecule has 2 aromatic carbocycles. The lowest BCUT2D eigenvalue weighted by Gasteiger charge is -2.12. The van der Waals surface area contributed by atoms with Crippen LogP contribution in [0, 0.1) is 6.92 Å². The average Bonchev–Trinajstić information content (AvgIpc) is 2.38. The Kier molecular flexibility index (Phi) is 4.76. The second kappa shape index (κ2) is 6.35. The van der Waals surface area contributed by atoms with Crippen molar-refractivity contribution < 1.29 is 4.79 Å². The number of hydrogen-bond donors (Lipinski definition) is 2. The molecule has 2 rings (SSSR count). The third-order valence-corrected chi connectivity index (χ3v) is 3.44. The summed E-state index contributed by atoms with van der Waals surface area (Å²) < 4.78 is 0. The van der Waals surface area contributed by atoms with E-state index in [0.717, 1.165) is 5.56 Å². The largest absolute Gasteiger partial charge is 0.295 e. The van der Waals surface area contributed by atoms with Crippen LogP contribution in [0.3, 0.4) is 0 Å². The first-order chi connectivity index (χ1) is 9.47. The Morgan fingerprint density at radius 1 is 1.00 bits per heavy atom. The standard InChI is InChI=1S/C14H11Cl3N2O/c1-8-2-4-9(5-3-8)14(20)19-18-13-11(16)6-10(15)7-12(13)17/h2-7,18H,1H3,(H,19,20). The fourth-order valence-electron chi connectivity index (χ4n) is 1.56. The monoisotopic (exact) mass is 328 g/mol. The molecule has 0 spiro atoms. The number of halogens is 3. The summed E-state index contributed by atoms with van der Waals surface area (Å²) in [7, 11) is 0. The predicted molar refractivity (Wildman–Crippen MR) is 83.7 cm³/mol. The highest BCUT2D eigenvalue weighted by atomic mass is 35.5. The molecular weight excluding hydrogens is 319 g/mol. The highest BCUT2D eigenvalue weighted by molar-refractivity contribution is 6.41. The second-order valence-electron chi connectivity index (χ2n) is 4.19. The number of carbonyl (C=O) groups is 1. The molecule has 0 aliphatic rings. The zero-order valence-corrected chi connectivity index (χ0v) is 12.8. The molecule has 0 bridgehead atoms. The van der Waals surface area contributed by atoms with Gasteiger partial charge in [-0.3, -0.25) is 15.6 Å². The summed E-state index contributed by atoms with van der Waals surface area (Å²) in [4.78, 5) is 11.9. The van der Waals surface area contributed by atoms with Gasteiger partial charge >= 0.3 is 0 Å². The minimum absolute atomic E-state index is 0.285. The summed E-state index contributed by atoms with van der Waals surface area (Å²) in [6.07, 6.45) is 0. The molecule has 0 saturated carbocycles. The number of amides is 1. The molecule has 2 aromatic rings. The number of rotatable bonds is 3. The minimum Gasteiger partial charge on any atom is -0.295 e. The van der Waals surface area contributed by atoms with Gasteiger partial charge in [0, 0.05) is 10.6 Å². The van der Waals surface area contributed by atoms with E-state index in [4.69, 9.17) is 34.8 Å². The molecular formula is C14H11Cl3N2O. The van der Waals surface area contributed by atoms with Crippen molar-refractivity contribution in [1.82, 2.24) is 5.43 Å². The topological polar surface area (TPSA) is 41.1 Å². The number of hydrazine groups is 1. The molecule has 104 valence electrons. The van der Waals surface area contributed by atoms with Crippen LogP contribution in [-0.2, 0) is 0 Å². The average molecular weight is 330 g/mol. The molecule has 0 aromatic heterocycles. The predicted octanol–water partition coefficient (Wildman–Crippen LogP) is 4.71. The first-order valence-electron chi connectivity index (χ1n) is 5.75. The first kappa shape index (κ1) is 15.0. The van der Waals surface area contributed by atoms with Gasteiger partial charge in [-0.15, -0.1) is 0 Å². The van der Waals surface area contributed by atoms with E-state index in [1.54, 1.807) is 12.1 Å². The Morgan fingerprint density at radius 2 is 1.55 bits per heavy atom. The van der Waals surface area contributed by atoms with Crippen molar-refractivity contribution >= 4 is 46.4 Å². The molecule has 0 aliphatic carbocycles. The highest BCUT2D eigenvalue weighted by Crippen LogP contribution is 2.33. The van der Waals surface area contributed by atoms with E-state index in [1.165, 1.54) is 12.1 Å². The van der Waals surface area contributed by atoms with Crippen LogP contribution in [0.25, 0.3) is 0 Å². The Labute approximate surface area is 131 Å². The van der Waals surface area contributed by atoms with E-state index in [1.807, 2.05) is 19.1 Å². The number of benzene rings is 2. The van der Waals surface area contributed by atoms with E-state index in [0.29, 0.717) is 26.3 Å². The second-order valence-corrected chi connectivity index (χ2v) is 5.44. The molecule has 6 heteroatoms. The Balaban J connectivity index is 2.09. The maximum absolute atomic E-state index is 11.9. The van der Waals surface area contributed by atoms with Crippen LogP contribution >= 0.6 is 34.8 Å². The molecule has 0 unspecified atom stereocenters. The van der Waals surface area contributed by atoms with Crippen LogP contribution in [0.15, 0.2) is 36.4 Å². The minimum atomic E-state index is -0.285. The number of hydrogen-bond acceptors (Lipinski definition) is 2. The SMILES string of the molecule is Cc1ccc(C(=O)NNc2c(Cl)cc(Cl)cc2Cl)cc1. The number of carbonyl (C=O) groups excluding carboxylic acids is 1. The third-order valence-electron chi connectivity index (χ3n) is 2.62. The van der Waals surface area contributed by atoms with Gasteiger partial charge in [-0.05, 0) is 31.2 Å². The lowest BCUT2D eigenvalue weighted by molar-refractivity contribution is 0.0962. The Bertz CT molecular complexity index is 618. The summed E-state index contributed by atoms with van der Waals surface area (Å²) in [5.74, 6) is -0.285. The zero-order chi connectivity index (χ0) is 14.7. The van der Waals surface area contributed by atoms with Gasteiger partial charge in [0.1, 0.15) is 0 Å². The highest BCUT2D eigenvalue weighted by Gasteiger charge is 2.10. The van der Waals surface area contributed by atoms with Gasteiger partial charge in [-0.2, -0.15) is 0 Å². The summed E-state index contributed by atoms with van der Waals surface area (Å²) in [6, 6.07) is 10.3. The van der Waals surface area contributed by atoms with Gasteiger partial charge in [0.05, 0.1) is 15.7 Å². The molecule has 0 radical (unpaired) electrons. The molecule has 3 nitrogen and oxygen atoms in total. The van der Waals surface area contributed by atoms with E-state index in [9.17, 15) is 4.79 Å². The van der Waals surface area contributed by atoms with Crippen molar-refractivity contribution in [2.24, 2.45) is 0 Å². The first-order valence-corrected chi connectivity index (χ1v) is 6.88. The van der Waals surface area contributed by atoms with Crippen LogP contribution in [0.4, 0.5) is 5.69 Å². The zero-order valence-electron chi connectivity index (χ0n) is 10.5. The van der Waals surface area contributed by atoms with Gasteiger partial charge in [-0.25, -0.2) is 0 Å². The number of anilines is 1. The quantitative estimate of drug-likeness (QED) is 0.801. The van der Waals surface area contributed by atoms with E-state index in [2.05, 4.69) is 10.9 Å². The number of aryl methyl sites for hydroxylation is 1. The van der Waals surface area contributed by atoms with Gasteiger partial charge in [0.15, 0.2) is 0 Å². The van der Waals surface area contributed by atoms with Crippen molar-refractivity contribution in [2.75, 3.05) is 5.43 Å².